The van der Waals surface area contributed by atoms with Crippen molar-refractivity contribution in [3.63, 3.8) is 0 Å². The molecule has 0 amide bonds. The maximum absolute atomic E-state index is 13.6. The van der Waals surface area contributed by atoms with Crippen LogP contribution < -0.4 is 0 Å². The summed E-state index contributed by atoms with van der Waals surface area (Å²) in [5, 5.41) is 0. The number of halogens is 3. The van der Waals surface area contributed by atoms with E-state index in [0.29, 0.717) is 18.9 Å². The van der Waals surface area contributed by atoms with Gasteiger partial charge in [0.15, 0.2) is 17.4 Å². The van der Waals surface area contributed by atoms with Gasteiger partial charge in [0.05, 0.1) is 17.8 Å². The van der Waals surface area contributed by atoms with Crippen LogP contribution in [0.5, 0.6) is 0 Å². The molecular weight excluding hydrogens is 257 g/mol. The molecule has 5 heteroatoms. The fourth-order valence-corrected chi connectivity index (χ4v) is 3.03. The topological polar surface area (TPSA) is 26.3 Å². The van der Waals surface area contributed by atoms with Crippen LogP contribution in [-0.4, -0.2) is 18.0 Å². The highest BCUT2D eigenvalue weighted by atomic mass is 19.2. The molecular formula is C14H13F3O2. The molecule has 2 unspecified atom stereocenters. The summed E-state index contributed by atoms with van der Waals surface area (Å²) in [5.41, 5.74) is -0.483. The number of carbonyl (C=O) groups is 1. The van der Waals surface area contributed by atoms with Crippen molar-refractivity contribution in [1.82, 2.24) is 0 Å². The molecule has 0 radical (unpaired) electrons. The SMILES string of the molecule is O=C(c1cc(F)cc(F)c1F)C1CC2CCC(C1)O2. The molecule has 0 saturated carbocycles. The minimum absolute atomic E-state index is 0.0224. The molecule has 2 bridgehead atoms. The van der Waals surface area contributed by atoms with Gasteiger partial charge in [0.2, 0.25) is 0 Å². The van der Waals surface area contributed by atoms with Gasteiger partial charge in [0.1, 0.15) is 5.82 Å². The second kappa shape index (κ2) is 4.63. The molecule has 0 aromatic heterocycles. The third-order valence-corrected chi connectivity index (χ3v) is 3.92. The molecule has 2 nitrogen and oxygen atoms in total. The van der Waals surface area contributed by atoms with E-state index in [1.54, 1.807) is 0 Å². The van der Waals surface area contributed by atoms with Crippen molar-refractivity contribution in [3.05, 3.63) is 35.1 Å². The number of ketones is 1. The molecule has 3 rings (SSSR count). The first-order valence-electron chi connectivity index (χ1n) is 6.39. The molecule has 19 heavy (non-hydrogen) atoms. The van der Waals surface area contributed by atoms with Crippen LogP contribution in [0, 0.1) is 23.4 Å². The Kier molecular flexibility index (Phi) is 3.09. The van der Waals surface area contributed by atoms with E-state index in [-0.39, 0.29) is 12.2 Å². The molecule has 0 N–H and O–H groups in total. The quantitative estimate of drug-likeness (QED) is 0.609. The van der Waals surface area contributed by atoms with Gasteiger partial charge in [-0.05, 0) is 31.7 Å². The lowest BCUT2D eigenvalue weighted by molar-refractivity contribution is -0.0150. The number of ether oxygens (including phenoxy) is 1. The Hall–Kier alpha value is -1.36. The number of carbonyl (C=O) groups excluding carboxylic acids is 1. The van der Waals surface area contributed by atoms with Crippen LogP contribution in [0.25, 0.3) is 0 Å². The predicted molar refractivity (Wildman–Crippen MR) is 61.3 cm³/mol. The Labute approximate surface area is 108 Å². The number of benzene rings is 1. The van der Waals surface area contributed by atoms with Gasteiger partial charge in [-0.1, -0.05) is 0 Å². The highest BCUT2D eigenvalue weighted by Gasteiger charge is 2.39. The van der Waals surface area contributed by atoms with Crippen molar-refractivity contribution in [3.8, 4) is 0 Å². The molecule has 2 heterocycles. The Balaban J connectivity index is 1.88. The maximum atomic E-state index is 13.6. The van der Waals surface area contributed by atoms with E-state index in [1.807, 2.05) is 0 Å². The smallest absolute Gasteiger partial charge is 0.169 e. The first-order valence-corrected chi connectivity index (χ1v) is 6.39. The van der Waals surface area contributed by atoms with Crippen molar-refractivity contribution in [1.29, 1.82) is 0 Å². The average Bonchev–Trinajstić information content (AvgIpc) is 2.72. The van der Waals surface area contributed by atoms with Crippen LogP contribution in [0.15, 0.2) is 12.1 Å². The van der Waals surface area contributed by atoms with E-state index in [2.05, 4.69) is 0 Å². The standard InChI is InChI=1S/C14H13F3O2/c15-8-5-11(13(17)12(16)6-8)14(18)7-3-9-1-2-10(4-7)19-9/h5-7,9-10H,1-4H2. The normalized spacial score (nSPS) is 29.5. The fraction of sp³-hybridized carbons (Fsp3) is 0.500. The van der Waals surface area contributed by atoms with Gasteiger partial charge in [-0.25, -0.2) is 13.2 Å². The minimum atomic E-state index is -1.32. The average molecular weight is 270 g/mol. The second-order valence-electron chi connectivity index (χ2n) is 5.24. The third-order valence-electron chi connectivity index (χ3n) is 3.92. The number of hydrogen-bond acceptors (Lipinski definition) is 2. The molecule has 102 valence electrons. The molecule has 2 aliphatic rings. The van der Waals surface area contributed by atoms with E-state index < -0.39 is 34.7 Å². The zero-order chi connectivity index (χ0) is 13.6. The Bertz CT molecular complexity index is 518. The zero-order valence-corrected chi connectivity index (χ0v) is 10.2. The second-order valence-corrected chi connectivity index (χ2v) is 5.24. The van der Waals surface area contributed by atoms with Crippen molar-refractivity contribution in [2.75, 3.05) is 0 Å². The molecule has 2 saturated heterocycles. The summed E-state index contributed by atoms with van der Waals surface area (Å²) in [7, 11) is 0. The van der Waals surface area contributed by atoms with Gasteiger partial charge < -0.3 is 4.74 Å². The predicted octanol–water partition coefficient (Wildman–Crippen LogP) is 3.24. The summed E-state index contributed by atoms with van der Waals surface area (Å²) in [4.78, 5) is 12.2. The first-order chi connectivity index (χ1) is 9.04. The molecule has 0 aliphatic carbocycles. The van der Waals surface area contributed by atoms with Crippen LogP contribution in [-0.2, 0) is 4.74 Å². The molecule has 1 aromatic carbocycles. The van der Waals surface area contributed by atoms with E-state index in [0.717, 1.165) is 18.9 Å². The van der Waals surface area contributed by atoms with Crippen molar-refractivity contribution >= 4 is 5.78 Å². The van der Waals surface area contributed by atoms with E-state index in [1.165, 1.54) is 0 Å². The van der Waals surface area contributed by atoms with Gasteiger partial charge in [-0.3, -0.25) is 4.79 Å². The number of hydrogen-bond donors (Lipinski definition) is 0. The lowest BCUT2D eigenvalue weighted by atomic mass is 9.87. The summed E-state index contributed by atoms with van der Waals surface area (Å²) < 4.78 is 45.5. The van der Waals surface area contributed by atoms with Crippen molar-refractivity contribution < 1.29 is 22.7 Å². The lowest BCUT2D eigenvalue weighted by Gasteiger charge is -2.27. The van der Waals surface area contributed by atoms with E-state index in [4.69, 9.17) is 4.74 Å². The number of Topliss-reactive ketones (excluding diaryl/α,β-unsaturated/α-hetero) is 1. The Morgan fingerprint density at radius 1 is 1.11 bits per heavy atom. The van der Waals surface area contributed by atoms with Crippen LogP contribution in [0.1, 0.15) is 36.0 Å². The highest BCUT2D eigenvalue weighted by Crippen LogP contribution is 2.37. The van der Waals surface area contributed by atoms with Crippen LogP contribution in [0.3, 0.4) is 0 Å². The molecule has 1 aromatic rings. The highest BCUT2D eigenvalue weighted by molar-refractivity contribution is 5.98. The van der Waals surface area contributed by atoms with Gasteiger partial charge in [-0.15, -0.1) is 0 Å². The molecule has 2 aliphatic heterocycles. The molecule has 2 fully saturated rings. The van der Waals surface area contributed by atoms with E-state index in [9.17, 15) is 18.0 Å². The van der Waals surface area contributed by atoms with Crippen LogP contribution in [0.2, 0.25) is 0 Å². The van der Waals surface area contributed by atoms with E-state index >= 15 is 0 Å². The zero-order valence-electron chi connectivity index (χ0n) is 10.2. The van der Waals surface area contributed by atoms with Gasteiger partial charge in [0.25, 0.3) is 0 Å². The largest absolute Gasteiger partial charge is 0.375 e. The maximum Gasteiger partial charge on any atom is 0.169 e. The van der Waals surface area contributed by atoms with Crippen LogP contribution in [0.4, 0.5) is 13.2 Å². The lowest BCUT2D eigenvalue weighted by Crippen LogP contribution is -2.30. The third kappa shape index (κ3) is 2.27. The fourth-order valence-electron chi connectivity index (χ4n) is 3.03. The first kappa shape index (κ1) is 12.7. The summed E-state index contributed by atoms with van der Waals surface area (Å²) in [6, 6.07) is 1.22. The van der Waals surface area contributed by atoms with Crippen molar-refractivity contribution in [2.45, 2.75) is 37.9 Å². The Morgan fingerprint density at radius 3 is 2.37 bits per heavy atom. The van der Waals surface area contributed by atoms with Crippen molar-refractivity contribution in [2.24, 2.45) is 5.92 Å². The molecule has 0 spiro atoms. The van der Waals surface area contributed by atoms with Gasteiger partial charge in [-0.2, -0.15) is 0 Å². The summed E-state index contributed by atoms with van der Waals surface area (Å²) in [6.45, 7) is 0. The minimum Gasteiger partial charge on any atom is -0.375 e. The van der Waals surface area contributed by atoms with Gasteiger partial charge in [0, 0.05) is 12.0 Å². The molecule has 2 atom stereocenters. The summed E-state index contributed by atoms with van der Waals surface area (Å²) in [6.07, 6.45) is 2.85. The summed E-state index contributed by atoms with van der Waals surface area (Å²) in [5.74, 6) is -4.43. The van der Waals surface area contributed by atoms with Crippen LogP contribution >= 0.6 is 0 Å². The number of rotatable bonds is 2. The Morgan fingerprint density at radius 2 is 1.74 bits per heavy atom. The number of fused-ring (bicyclic) bond motifs is 2. The summed E-state index contributed by atoms with van der Waals surface area (Å²) >= 11 is 0. The monoisotopic (exact) mass is 270 g/mol. The van der Waals surface area contributed by atoms with Gasteiger partial charge >= 0.3 is 0 Å².